The Bertz CT molecular complexity index is 1290. The van der Waals surface area contributed by atoms with Gasteiger partial charge in [-0.15, -0.1) is 11.8 Å². The summed E-state index contributed by atoms with van der Waals surface area (Å²) in [5, 5.41) is 10.9. The van der Waals surface area contributed by atoms with Crippen LogP contribution in [-0.4, -0.2) is 43.9 Å². The topological polar surface area (TPSA) is 127 Å². The first kappa shape index (κ1) is 22.8. The molecule has 4 aromatic rings. The summed E-state index contributed by atoms with van der Waals surface area (Å²) in [7, 11) is 3.41. The summed E-state index contributed by atoms with van der Waals surface area (Å²) in [6.07, 6.45) is 5.87. The first-order valence-corrected chi connectivity index (χ1v) is 11.9. The number of aromatic nitrogens is 5. The number of aryl methyl sites for hydroxylation is 2. The van der Waals surface area contributed by atoms with E-state index in [9.17, 15) is 4.79 Å². The zero-order chi connectivity index (χ0) is 23.5. The Labute approximate surface area is 196 Å². The smallest absolute Gasteiger partial charge is 0.228 e. The van der Waals surface area contributed by atoms with Crippen LogP contribution in [0.3, 0.4) is 0 Å². The summed E-state index contributed by atoms with van der Waals surface area (Å²) in [6, 6.07) is 10.1. The molecule has 3 aromatic heterocycles. The van der Waals surface area contributed by atoms with Crippen molar-refractivity contribution in [3.8, 4) is 11.3 Å². The van der Waals surface area contributed by atoms with Crippen molar-refractivity contribution in [2.24, 2.45) is 18.7 Å². The van der Waals surface area contributed by atoms with Crippen LogP contribution in [0.4, 0.5) is 17.2 Å². The molecule has 0 spiro atoms. The van der Waals surface area contributed by atoms with Gasteiger partial charge in [0.05, 0.1) is 17.1 Å². The molecule has 10 heteroatoms. The number of nitrogens with one attached hydrogen (secondary N) is 3. The zero-order valence-corrected chi connectivity index (χ0v) is 20.0. The molecule has 0 radical (unpaired) electrons. The second kappa shape index (κ2) is 9.63. The molecule has 9 nitrogen and oxygen atoms in total. The third-order valence-corrected chi connectivity index (χ3v) is 6.04. The quantitative estimate of drug-likeness (QED) is 0.317. The molecule has 1 aromatic carbocycles. The van der Waals surface area contributed by atoms with E-state index in [1.165, 1.54) is 7.05 Å². The second-order valence-corrected chi connectivity index (χ2v) is 8.60. The minimum absolute atomic E-state index is 0.0228. The molecular formula is C23H28N8OS. The largest absolute Gasteiger partial charge is 0.353 e. The molecule has 1 fully saturated rings. The number of fused-ring (bicyclic) bond motifs is 1. The van der Waals surface area contributed by atoms with Gasteiger partial charge in [-0.3, -0.25) is 9.48 Å². The van der Waals surface area contributed by atoms with Crippen LogP contribution < -0.4 is 16.4 Å². The van der Waals surface area contributed by atoms with E-state index in [-0.39, 0.29) is 11.8 Å². The van der Waals surface area contributed by atoms with E-state index >= 15 is 0 Å². The number of benzene rings is 1. The predicted octanol–water partition coefficient (Wildman–Crippen LogP) is 4.06. The van der Waals surface area contributed by atoms with E-state index in [4.69, 9.17) is 0 Å². The number of hydrogen-bond donors (Lipinski definition) is 4. The van der Waals surface area contributed by atoms with Gasteiger partial charge in [-0.2, -0.15) is 5.10 Å². The van der Waals surface area contributed by atoms with Gasteiger partial charge >= 0.3 is 0 Å². The number of nitrogens with two attached hydrogens (primary N) is 1. The summed E-state index contributed by atoms with van der Waals surface area (Å²) >= 11 is 1.66. The van der Waals surface area contributed by atoms with Crippen molar-refractivity contribution in [1.29, 1.82) is 0 Å². The highest BCUT2D eigenvalue weighted by Gasteiger charge is 2.30. The van der Waals surface area contributed by atoms with Crippen molar-refractivity contribution in [2.45, 2.75) is 24.7 Å². The SMILES string of the molecule is CN.CSc1cc(-c2ccn(C)n2)ccc1Nc1cc(NC(=O)C2CC2)nc2nc(C)[nH]c12. The lowest BCUT2D eigenvalue weighted by molar-refractivity contribution is -0.117. The average molecular weight is 465 g/mol. The number of pyridine rings is 1. The Balaban J connectivity index is 0.00000126. The number of thioether (sulfide) groups is 1. The number of carbonyl (C=O) groups excluding carboxylic acids is 1. The lowest BCUT2D eigenvalue weighted by Crippen LogP contribution is -2.14. The van der Waals surface area contributed by atoms with Crippen LogP contribution in [-0.2, 0) is 11.8 Å². The van der Waals surface area contributed by atoms with Crippen LogP contribution in [0.5, 0.6) is 0 Å². The maximum absolute atomic E-state index is 12.2. The Morgan fingerprint density at radius 3 is 2.64 bits per heavy atom. The molecule has 0 atom stereocenters. The molecule has 1 aliphatic rings. The monoisotopic (exact) mass is 464 g/mol. The molecule has 1 aliphatic carbocycles. The third kappa shape index (κ3) is 5.01. The summed E-state index contributed by atoms with van der Waals surface area (Å²) in [5.41, 5.74) is 9.66. The van der Waals surface area contributed by atoms with Crippen LogP contribution in [0.1, 0.15) is 18.7 Å². The summed E-state index contributed by atoms with van der Waals surface area (Å²) in [5.74, 6) is 1.41. The highest BCUT2D eigenvalue weighted by atomic mass is 32.2. The van der Waals surface area contributed by atoms with Crippen LogP contribution in [0.25, 0.3) is 22.4 Å². The Kier molecular flexibility index (Phi) is 6.66. The van der Waals surface area contributed by atoms with E-state index in [0.29, 0.717) is 11.5 Å². The standard InChI is InChI=1S/C22H23N7OS.CH5N/c1-12-23-20-17(11-19(26-21(20)24-12)27-22(30)13-4-5-13)25-16-7-6-14(10-18(16)31-3)15-8-9-29(2)28-15;1-2/h6-11,13H,4-5H2,1-3H3,(H3,23,24,25,26,27,30);2H2,1H3. The molecule has 0 saturated heterocycles. The minimum Gasteiger partial charge on any atom is -0.353 e. The molecule has 0 unspecified atom stereocenters. The number of imidazole rings is 1. The fraction of sp³-hybridized carbons (Fsp3) is 0.304. The van der Waals surface area contributed by atoms with E-state index in [0.717, 1.165) is 51.7 Å². The number of anilines is 3. The Hall–Kier alpha value is -3.37. The van der Waals surface area contributed by atoms with Crippen molar-refractivity contribution in [1.82, 2.24) is 24.7 Å². The summed E-state index contributed by atoms with van der Waals surface area (Å²) < 4.78 is 1.80. The van der Waals surface area contributed by atoms with Gasteiger partial charge in [-0.05, 0) is 51.3 Å². The highest BCUT2D eigenvalue weighted by Crippen LogP contribution is 2.35. The van der Waals surface area contributed by atoms with Gasteiger partial charge in [0.25, 0.3) is 0 Å². The lowest BCUT2D eigenvalue weighted by Gasteiger charge is -2.14. The molecular weight excluding hydrogens is 436 g/mol. The average Bonchev–Trinajstić information content (AvgIpc) is 3.47. The number of carbonyl (C=O) groups is 1. The van der Waals surface area contributed by atoms with Gasteiger partial charge in [-0.25, -0.2) is 9.97 Å². The molecule has 33 heavy (non-hydrogen) atoms. The van der Waals surface area contributed by atoms with E-state index in [1.807, 2.05) is 44.6 Å². The molecule has 0 bridgehead atoms. The number of nitrogens with zero attached hydrogens (tertiary/aromatic N) is 4. The fourth-order valence-corrected chi connectivity index (χ4v) is 4.09. The van der Waals surface area contributed by atoms with Crippen LogP contribution >= 0.6 is 11.8 Å². The van der Waals surface area contributed by atoms with Crippen molar-refractivity contribution in [3.05, 3.63) is 42.4 Å². The van der Waals surface area contributed by atoms with E-state index in [2.05, 4.69) is 48.6 Å². The highest BCUT2D eigenvalue weighted by molar-refractivity contribution is 7.98. The van der Waals surface area contributed by atoms with Crippen molar-refractivity contribution in [3.63, 3.8) is 0 Å². The molecule has 5 rings (SSSR count). The normalized spacial score (nSPS) is 12.9. The number of aromatic amines is 1. The number of rotatable bonds is 6. The Morgan fingerprint density at radius 1 is 1.18 bits per heavy atom. The van der Waals surface area contributed by atoms with Gasteiger partial charge in [0.2, 0.25) is 5.91 Å². The zero-order valence-electron chi connectivity index (χ0n) is 19.1. The van der Waals surface area contributed by atoms with Gasteiger partial charge < -0.3 is 21.4 Å². The van der Waals surface area contributed by atoms with Crippen molar-refractivity contribution < 1.29 is 4.79 Å². The first-order chi connectivity index (χ1) is 16.0. The van der Waals surface area contributed by atoms with Crippen LogP contribution in [0.15, 0.2) is 41.4 Å². The third-order valence-electron chi connectivity index (χ3n) is 5.26. The summed E-state index contributed by atoms with van der Waals surface area (Å²) in [4.78, 5) is 25.6. The second-order valence-electron chi connectivity index (χ2n) is 7.75. The van der Waals surface area contributed by atoms with Crippen LogP contribution in [0.2, 0.25) is 0 Å². The van der Waals surface area contributed by atoms with E-state index in [1.54, 1.807) is 16.4 Å². The molecule has 1 amide bonds. The molecule has 1 saturated carbocycles. The number of amides is 1. The molecule has 0 aliphatic heterocycles. The van der Waals surface area contributed by atoms with Gasteiger partial charge in [0.1, 0.15) is 17.2 Å². The van der Waals surface area contributed by atoms with Gasteiger partial charge in [-0.1, -0.05) is 6.07 Å². The molecule has 5 N–H and O–H groups in total. The minimum atomic E-state index is 0.0228. The lowest BCUT2D eigenvalue weighted by atomic mass is 10.1. The van der Waals surface area contributed by atoms with Crippen molar-refractivity contribution in [2.75, 3.05) is 23.9 Å². The first-order valence-electron chi connectivity index (χ1n) is 10.7. The maximum Gasteiger partial charge on any atom is 0.228 e. The molecule has 172 valence electrons. The van der Waals surface area contributed by atoms with Crippen LogP contribution in [0, 0.1) is 12.8 Å². The Morgan fingerprint density at radius 2 is 1.97 bits per heavy atom. The molecule has 3 heterocycles. The van der Waals surface area contributed by atoms with E-state index < -0.39 is 0 Å². The summed E-state index contributed by atoms with van der Waals surface area (Å²) in [6.45, 7) is 1.89. The number of H-pyrrole nitrogens is 1. The maximum atomic E-state index is 12.2. The fourth-order valence-electron chi connectivity index (χ4n) is 3.51. The number of hydrogen-bond acceptors (Lipinski definition) is 7. The van der Waals surface area contributed by atoms with Gasteiger partial charge in [0.15, 0.2) is 5.65 Å². The van der Waals surface area contributed by atoms with Crippen molar-refractivity contribution >= 4 is 46.0 Å². The van der Waals surface area contributed by atoms with Gasteiger partial charge in [0, 0.05) is 35.7 Å². The predicted molar refractivity (Wildman–Crippen MR) is 134 cm³/mol.